The first kappa shape index (κ1) is 26.3. The molecule has 2 aromatic carbocycles. The molecule has 1 amide bonds. The number of nitrogens with one attached hydrogen (secondary N) is 1. The number of anilines is 1. The molecule has 0 aliphatic rings. The van der Waals surface area contributed by atoms with E-state index in [-0.39, 0.29) is 29.0 Å². The van der Waals surface area contributed by atoms with Gasteiger partial charge >= 0.3 is 0 Å². The van der Waals surface area contributed by atoms with Gasteiger partial charge in [-0.2, -0.15) is 5.26 Å². The summed E-state index contributed by atoms with van der Waals surface area (Å²) in [4.78, 5) is 38.2. The summed E-state index contributed by atoms with van der Waals surface area (Å²) >= 11 is 0. The average Bonchev–Trinajstić information content (AvgIpc) is 2.86. The van der Waals surface area contributed by atoms with Gasteiger partial charge in [-0.1, -0.05) is 6.07 Å². The number of nitriles is 1. The lowest BCUT2D eigenvalue weighted by atomic mass is 10.0. The number of ether oxygens (including phenoxy) is 2. The zero-order valence-electron chi connectivity index (χ0n) is 20.3. The van der Waals surface area contributed by atoms with Gasteiger partial charge in [-0.25, -0.2) is 4.39 Å². The zero-order chi connectivity index (χ0) is 26.2. The van der Waals surface area contributed by atoms with Crippen molar-refractivity contribution in [2.24, 2.45) is 0 Å². The van der Waals surface area contributed by atoms with Crippen molar-refractivity contribution in [1.82, 2.24) is 4.57 Å². The lowest BCUT2D eigenvalue weighted by molar-refractivity contribution is -0.118. The van der Waals surface area contributed by atoms with E-state index in [1.165, 1.54) is 30.0 Å². The number of benzene rings is 2. The van der Waals surface area contributed by atoms with E-state index in [1.54, 1.807) is 12.1 Å². The average molecular weight is 492 g/mol. The van der Waals surface area contributed by atoms with Crippen molar-refractivity contribution in [1.29, 1.82) is 5.26 Å². The Morgan fingerprint density at radius 3 is 2.58 bits per heavy atom. The van der Waals surface area contributed by atoms with Gasteiger partial charge in [0.25, 0.3) is 11.5 Å². The summed E-state index contributed by atoms with van der Waals surface area (Å²) < 4.78 is 25.9. The molecule has 0 saturated heterocycles. The highest BCUT2D eigenvalue weighted by Gasteiger charge is 2.20. The summed E-state index contributed by atoms with van der Waals surface area (Å²) in [6, 6.07) is 11.8. The zero-order valence-corrected chi connectivity index (χ0v) is 20.3. The van der Waals surface area contributed by atoms with Crippen LogP contribution in [0.4, 0.5) is 10.1 Å². The van der Waals surface area contributed by atoms with Crippen LogP contribution in [0.25, 0.3) is 0 Å². The molecule has 1 N–H and O–H groups in total. The number of amides is 1. The van der Waals surface area contributed by atoms with Crippen LogP contribution < -0.4 is 15.6 Å². The predicted molar refractivity (Wildman–Crippen MR) is 132 cm³/mol. The van der Waals surface area contributed by atoms with Gasteiger partial charge in [0, 0.05) is 37.7 Å². The van der Waals surface area contributed by atoms with Crippen LogP contribution in [0.1, 0.15) is 39.0 Å². The number of aromatic nitrogens is 1. The number of nitrogens with zero attached hydrogens (tertiary/aromatic N) is 2. The van der Waals surface area contributed by atoms with Crippen molar-refractivity contribution < 1.29 is 23.5 Å². The first-order valence-electron chi connectivity index (χ1n) is 11.2. The largest absolute Gasteiger partial charge is 0.483 e. The van der Waals surface area contributed by atoms with E-state index >= 15 is 0 Å². The molecule has 1 heterocycles. The third-order valence-corrected chi connectivity index (χ3v) is 5.55. The molecule has 36 heavy (non-hydrogen) atoms. The van der Waals surface area contributed by atoms with Crippen molar-refractivity contribution in [3.8, 4) is 11.8 Å². The smallest absolute Gasteiger partial charge is 0.268 e. The molecule has 3 rings (SSSR count). The fourth-order valence-corrected chi connectivity index (χ4v) is 3.51. The number of carbonyl (C=O) groups excluding carboxylic acids is 2. The van der Waals surface area contributed by atoms with Crippen LogP contribution in [0, 0.1) is 31.0 Å². The quantitative estimate of drug-likeness (QED) is 0.342. The molecule has 0 atom stereocenters. The maximum atomic E-state index is 14.1. The molecule has 9 heteroatoms. The summed E-state index contributed by atoms with van der Waals surface area (Å²) in [7, 11) is 1.52. The van der Waals surface area contributed by atoms with Gasteiger partial charge in [0.2, 0.25) is 0 Å². The topological polar surface area (TPSA) is 110 Å². The fourth-order valence-electron chi connectivity index (χ4n) is 3.51. The number of halogens is 1. The molecule has 3 aromatic rings. The number of hydrogen-bond donors (Lipinski definition) is 1. The molecule has 0 unspecified atom stereocenters. The fraction of sp³-hybridized carbons (Fsp3) is 0.259. The molecule has 0 radical (unpaired) electrons. The standard InChI is InChI=1S/C27H26FN3O5/c1-17-5-7-22(11-18(17)2)30-25(32)16-36-24-8-6-21(28)13-23(24)26(33)20-12-19(14-29)27(34)31(15-20)9-4-10-35-3/h5-8,11-13,15H,4,9-10,16H2,1-3H3,(H,30,32). The van der Waals surface area contributed by atoms with Gasteiger partial charge in [-0.15, -0.1) is 0 Å². The summed E-state index contributed by atoms with van der Waals surface area (Å²) in [5, 5.41) is 12.1. The van der Waals surface area contributed by atoms with E-state index in [1.807, 2.05) is 26.0 Å². The maximum Gasteiger partial charge on any atom is 0.268 e. The van der Waals surface area contributed by atoms with Gasteiger partial charge < -0.3 is 19.4 Å². The van der Waals surface area contributed by atoms with Gasteiger partial charge in [0.05, 0.1) is 5.56 Å². The highest BCUT2D eigenvalue weighted by Crippen LogP contribution is 2.23. The van der Waals surface area contributed by atoms with E-state index in [2.05, 4.69) is 5.32 Å². The van der Waals surface area contributed by atoms with E-state index in [0.29, 0.717) is 18.7 Å². The van der Waals surface area contributed by atoms with Crippen LogP contribution in [-0.4, -0.2) is 36.6 Å². The molecule has 0 saturated carbocycles. The summed E-state index contributed by atoms with van der Waals surface area (Å²) in [5.74, 6) is -1.80. The molecule has 0 bridgehead atoms. The van der Waals surface area contributed by atoms with Crippen molar-refractivity contribution in [3.63, 3.8) is 0 Å². The normalized spacial score (nSPS) is 10.5. The predicted octanol–water partition coefficient (Wildman–Crippen LogP) is 3.76. The molecule has 0 aliphatic heterocycles. The van der Waals surface area contributed by atoms with Gasteiger partial charge in [-0.05, 0) is 67.8 Å². The number of rotatable bonds is 10. The first-order valence-corrected chi connectivity index (χ1v) is 11.2. The van der Waals surface area contributed by atoms with Crippen molar-refractivity contribution in [2.75, 3.05) is 25.6 Å². The van der Waals surface area contributed by atoms with Gasteiger partial charge in [0.1, 0.15) is 23.2 Å². The van der Waals surface area contributed by atoms with Gasteiger partial charge in [0.15, 0.2) is 12.4 Å². The Kier molecular flexibility index (Phi) is 8.71. The van der Waals surface area contributed by atoms with Crippen LogP contribution in [-0.2, 0) is 16.1 Å². The number of ketones is 1. The molecule has 1 aromatic heterocycles. The second-order valence-corrected chi connectivity index (χ2v) is 8.20. The number of hydrogen-bond acceptors (Lipinski definition) is 6. The van der Waals surface area contributed by atoms with Crippen LogP contribution in [0.5, 0.6) is 5.75 Å². The number of carbonyl (C=O) groups is 2. The highest BCUT2D eigenvalue weighted by molar-refractivity contribution is 6.10. The summed E-state index contributed by atoms with van der Waals surface area (Å²) in [5.41, 5.74) is 1.82. The monoisotopic (exact) mass is 491 g/mol. The Morgan fingerprint density at radius 1 is 1.11 bits per heavy atom. The Bertz CT molecular complexity index is 1390. The summed E-state index contributed by atoms with van der Waals surface area (Å²) in [6.07, 6.45) is 1.81. The minimum atomic E-state index is -0.681. The molecular formula is C27H26FN3O5. The third-order valence-electron chi connectivity index (χ3n) is 5.55. The maximum absolute atomic E-state index is 14.1. The van der Waals surface area contributed by atoms with Crippen molar-refractivity contribution in [2.45, 2.75) is 26.8 Å². The van der Waals surface area contributed by atoms with Crippen molar-refractivity contribution >= 4 is 17.4 Å². The lowest BCUT2D eigenvalue weighted by Crippen LogP contribution is -2.25. The number of aryl methyl sites for hydroxylation is 3. The third kappa shape index (κ3) is 6.43. The summed E-state index contributed by atoms with van der Waals surface area (Å²) in [6.45, 7) is 4.09. The first-order chi connectivity index (χ1) is 17.2. The van der Waals surface area contributed by atoms with Crippen LogP contribution >= 0.6 is 0 Å². The van der Waals surface area contributed by atoms with Crippen LogP contribution in [0.15, 0.2) is 53.5 Å². The minimum absolute atomic E-state index is 0.00715. The molecule has 0 fully saturated rings. The highest BCUT2D eigenvalue weighted by atomic mass is 19.1. The number of methoxy groups -OCH3 is 1. The number of pyridine rings is 1. The lowest BCUT2D eigenvalue weighted by Gasteiger charge is -2.13. The molecule has 8 nitrogen and oxygen atoms in total. The van der Waals surface area contributed by atoms with Crippen molar-refractivity contribution in [3.05, 3.63) is 92.6 Å². The second kappa shape index (κ2) is 11.9. The van der Waals surface area contributed by atoms with Crippen LogP contribution in [0.3, 0.4) is 0 Å². The van der Waals surface area contributed by atoms with E-state index in [9.17, 15) is 24.0 Å². The Labute approximate surface area is 207 Å². The SMILES string of the molecule is COCCCn1cc(C(=O)c2cc(F)ccc2OCC(=O)Nc2ccc(C)c(C)c2)cc(C#N)c1=O. The molecule has 186 valence electrons. The minimum Gasteiger partial charge on any atom is -0.483 e. The Hall–Kier alpha value is -4.29. The van der Waals surface area contributed by atoms with Gasteiger partial charge in [-0.3, -0.25) is 14.4 Å². The van der Waals surface area contributed by atoms with E-state index in [4.69, 9.17) is 9.47 Å². The molecular weight excluding hydrogens is 465 g/mol. The molecule has 0 spiro atoms. The van der Waals surface area contributed by atoms with E-state index in [0.717, 1.165) is 23.3 Å². The van der Waals surface area contributed by atoms with Crippen LogP contribution in [0.2, 0.25) is 0 Å². The Balaban J connectivity index is 1.83. The van der Waals surface area contributed by atoms with E-state index < -0.39 is 29.7 Å². The Morgan fingerprint density at radius 2 is 1.89 bits per heavy atom. The molecule has 0 aliphatic carbocycles. The second-order valence-electron chi connectivity index (χ2n) is 8.20.